The first-order valence-corrected chi connectivity index (χ1v) is 8.78. The zero-order valence-corrected chi connectivity index (χ0v) is 15.3. The van der Waals surface area contributed by atoms with Crippen molar-refractivity contribution in [1.82, 2.24) is 10.2 Å². The quantitative estimate of drug-likeness (QED) is 0.808. The number of hydrogen-bond donors (Lipinski definition) is 1. The Morgan fingerprint density at radius 2 is 1.80 bits per heavy atom. The maximum atomic E-state index is 12.4. The molecular weight excluding hydrogens is 336 g/mol. The van der Waals surface area contributed by atoms with Crippen LogP contribution in [-0.4, -0.2) is 30.3 Å². The number of carbonyl (C=O) groups is 2. The van der Waals surface area contributed by atoms with E-state index in [2.05, 4.69) is 12.2 Å². The van der Waals surface area contributed by atoms with Gasteiger partial charge in [-0.3, -0.25) is 9.59 Å². The highest BCUT2D eigenvalue weighted by atomic mass is 35.5. The first kappa shape index (κ1) is 19.0. The molecule has 4 nitrogen and oxygen atoms in total. The van der Waals surface area contributed by atoms with Crippen molar-refractivity contribution in [2.45, 2.75) is 26.3 Å². The Balaban J connectivity index is 2.03. The van der Waals surface area contributed by atoms with Crippen molar-refractivity contribution in [2.75, 3.05) is 13.6 Å². The summed E-state index contributed by atoms with van der Waals surface area (Å²) in [5.74, 6) is -0.306. The summed E-state index contributed by atoms with van der Waals surface area (Å²) in [6.45, 7) is 3.13. The molecule has 25 heavy (non-hydrogen) atoms. The average Bonchev–Trinajstić information content (AvgIpc) is 2.64. The molecule has 0 atom stereocenters. The largest absolute Gasteiger partial charge is 0.348 e. The van der Waals surface area contributed by atoms with Crippen LogP contribution in [-0.2, 0) is 6.54 Å². The van der Waals surface area contributed by atoms with Gasteiger partial charge in [-0.05, 0) is 36.2 Å². The summed E-state index contributed by atoms with van der Waals surface area (Å²) in [4.78, 5) is 26.5. The minimum atomic E-state index is -0.231. The van der Waals surface area contributed by atoms with Crippen LogP contribution in [0.25, 0.3) is 0 Å². The molecule has 2 amide bonds. The van der Waals surface area contributed by atoms with Crippen LogP contribution in [0, 0.1) is 0 Å². The molecule has 0 radical (unpaired) electrons. The summed E-state index contributed by atoms with van der Waals surface area (Å²) in [6.07, 6.45) is 1.99. The lowest BCUT2D eigenvalue weighted by atomic mass is 10.1. The van der Waals surface area contributed by atoms with Crippen molar-refractivity contribution >= 4 is 23.4 Å². The average molecular weight is 359 g/mol. The third-order valence-electron chi connectivity index (χ3n) is 3.96. The van der Waals surface area contributed by atoms with Gasteiger partial charge in [0.15, 0.2) is 0 Å². The molecule has 0 saturated heterocycles. The highest BCUT2D eigenvalue weighted by molar-refractivity contribution is 6.31. The summed E-state index contributed by atoms with van der Waals surface area (Å²) in [5.41, 5.74) is 1.83. The van der Waals surface area contributed by atoms with Crippen molar-refractivity contribution in [3.05, 3.63) is 70.2 Å². The zero-order chi connectivity index (χ0) is 18.2. The second-order valence-electron chi connectivity index (χ2n) is 5.94. The first-order valence-electron chi connectivity index (χ1n) is 8.40. The van der Waals surface area contributed by atoms with E-state index in [1.165, 1.54) is 0 Å². The van der Waals surface area contributed by atoms with Crippen molar-refractivity contribution in [2.24, 2.45) is 0 Å². The van der Waals surface area contributed by atoms with Gasteiger partial charge in [0.1, 0.15) is 0 Å². The number of halogens is 1. The van der Waals surface area contributed by atoms with E-state index in [0.717, 1.165) is 18.4 Å². The van der Waals surface area contributed by atoms with Gasteiger partial charge in [-0.2, -0.15) is 0 Å². The molecule has 0 aliphatic heterocycles. The number of hydrogen-bond acceptors (Lipinski definition) is 2. The van der Waals surface area contributed by atoms with Crippen molar-refractivity contribution in [3.8, 4) is 0 Å². The molecule has 0 bridgehead atoms. The molecule has 0 aromatic heterocycles. The van der Waals surface area contributed by atoms with E-state index in [4.69, 9.17) is 11.6 Å². The van der Waals surface area contributed by atoms with Crippen LogP contribution in [0.4, 0.5) is 0 Å². The molecule has 0 heterocycles. The molecule has 1 N–H and O–H groups in total. The topological polar surface area (TPSA) is 49.4 Å². The summed E-state index contributed by atoms with van der Waals surface area (Å²) in [7, 11) is 1.78. The number of amides is 2. The second-order valence-corrected chi connectivity index (χ2v) is 6.34. The van der Waals surface area contributed by atoms with Crippen LogP contribution in [0.5, 0.6) is 0 Å². The smallest absolute Gasteiger partial charge is 0.253 e. The Bertz CT molecular complexity index is 746. The Morgan fingerprint density at radius 1 is 1.08 bits per heavy atom. The molecule has 5 heteroatoms. The van der Waals surface area contributed by atoms with Crippen LogP contribution in [0.2, 0.25) is 5.02 Å². The van der Waals surface area contributed by atoms with Gasteiger partial charge < -0.3 is 10.2 Å². The van der Waals surface area contributed by atoms with E-state index in [0.29, 0.717) is 29.2 Å². The SMILES string of the molecule is CCCCN(C)C(=O)c1cccc(C(=O)NCc2ccccc2Cl)c1. The fourth-order valence-corrected chi connectivity index (χ4v) is 2.63. The van der Waals surface area contributed by atoms with Crippen LogP contribution >= 0.6 is 11.6 Å². The second kappa shape index (κ2) is 9.23. The molecule has 0 fully saturated rings. The number of rotatable bonds is 7. The number of carbonyl (C=O) groups excluding carboxylic acids is 2. The summed E-state index contributed by atoms with van der Waals surface area (Å²) < 4.78 is 0. The van der Waals surface area contributed by atoms with Crippen molar-refractivity contribution in [1.29, 1.82) is 0 Å². The molecule has 0 aliphatic carbocycles. The Hall–Kier alpha value is -2.33. The monoisotopic (exact) mass is 358 g/mol. The number of nitrogens with zero attached hydrogens (tertiary/aromatic N) is 1. The van der Waals surface area contributed by atoms with Gasteiger partial charge >= 0.3 is 0 Å². The lowest BCUT2D eigenvalue weighted by Gasteiger charge is -2.17. The Morgan fingerprint density at radius 3 is 2.52 bits per heavy atom. The normalized spacial score (nSPS) is 10.4. The molecule has 132 valence electrons. The third kappa shape index (κ3) is 5.33. The Kier molecular flexibility index (Phi) is 7.02. The lowest BCUT2D eigenvalue weighted by Crippen LogP contribution is -2.28. The Labute approximate surface area is 153 Å². The number of benzene rings is 2. The third-order valence-corrected chi connectivity index (χ3v) is 4.33. The summed E-state index contributed by atoms with van der Waals surface area (Å²) >= 11 is 6.10. The number of nitrogens with one attached hydrogen (secondary N) is 1. The van der Waals surface area contributed by atoms with E-state index < -0.39 is 0 Å². The number of unbranched alkanes of at least 4 members (excludes halogenated alkanes) is 1. The molecule has 2 aromatic carbocycles. The highest BCUT2D eigenvalue weighted by Gasteiger charge is 2.14. The fraction of sp³-hybridized carbons (Fsp3) is 0.300. The lowest BCUT2D eigenvalue weighted by molar-refractivity contribution is 0.0793. The molecule has 0 unspecified atom stereocenters. The van der Waals surface area contributed by atoms with Crippen LogP contribution in [0.15, 0.2) is 48.5 Å². The highest BCUT2D eigenvalue weighted by Crippen LogP contribution is 2.15. The predicted molar refractivity (Wildman–Crippen MR) is 101 cm³/mol. The van der Waals surface area contributed by atoms with Crippen LogP contribution in [0.1, 0.15) is 46.0 Å². The van der Waals surface area contributed by atoms with Gasteiger partial charge in [-0.15, -0.1) is 0 Å². The molecule has 2 rings (SSSR count). The van der Waals surface area contributed by atoms with Crippen molar-refractivity contribution < 1.29 is 9.59 Å². The summed E-state index contributed by atoms with van der Waals surface area (Å²) in [5, 5.41) is 3.45. The van der Waals surface area contributed by atoms with Crippen LogP contribution < -0.4 is 5.32 Å². The van der Waals surface area contributed by atoms with Gasteiger partial charge in [0.05, 0.1) is 0 Å². The minimum absolute atomic E-state index is 0.0748. The van der Waals surface area contributed by atoms with E-state index in [1.54, 1.807) is 42.3 Å². The zero-order valence-electron chi connectivity index (χ0n) is 14.6. The van der Waals surface area contributed by atoms with E-state index >= 15 is 0 Å². The standard InChI is InChI=1S/C20H23ClN2O2/c1-3-4-12-23(2)20(25)16-10-7-9-15(13-16)19(24)22-14-17-8-5-6-11-18(17)21/h5-11,13H,3-4,12,14H2,1-2H3,(H,22,24). The van der Waals surface area contributed by atoms with E-state index in [1.807, 2.05) is 18.2 Å². The van der Waals surface area contributed by atoms with Gasteiger partial charge in [0.25, 0.3) is 11.8 Å². The molecule has 0 aliphatic rings. The van der Waals surface area contributed by atoms with E-state index in [9.17, 15) is 9.59 Å². The van der Waals surface area contributed by atoms with E-state index in [-0.39, 0.29) is 11.8 Å². The fourth-order valence-electron chi connectivity index (χ4n) is 2.43. The maximum absolute atomic E-state index is 12.4. The minimum Gasteiger partial charge on any atom is -0.348 e. The molecular formula is C20H23ClN2O2. The van der Waals surface area contributed by atoms with Gasteiger partial charge in [0.2, 0.25) is 0 Å². The summed E-state index contributed by atoms with van der Waals surface area (Å²) in [6, 6.07) is 14.2. The molecule has 0 spiro atoms. The maximum Gasteiger partial charge on any atom is 0.253 e. The van der Waals surface area contributed by atoms with Gasteiger partial charge in [0, 0.05) is 36.3 Å². The molecule has 2 aromatic rings. The first-order chi connectivity index (χ1) is 12.0. The van der Waals surface area contributed by atoms with Crippen molar-refractivity contribution in [3.63, 3.8) is 0 Å². The van der Waals surface area contributed by atoms with Gasteiger partial charge in [-0.25, -0.2) is 0 Å². The van der Waals surface area contributed by atoms with Gasteiger partial charge in [-0.1, -0.05) is 49.2 Å². The predicted octanol–water partition coefficient (Wildman–Crippen LogP) is 4.14. The van der Waals surface area contributed by atoms with Crippen LogP contribution in [0.3, 0.4) is 0 Å². The molecule has 0 saturated carbocycles.